The third kappa shape index (κ3) is 4.69. The van der Waals surface area contributed by atoms with Crippen LogP contribution in [0.5, 0.6) is 0 Å². The van der Waals surface area contributed by atoms with Crippen molar-refractivity contribution in [3.8, 4) is 0 Å². The normalized spacial score (nSPS) is 19.3. The van der Waals surface area contributed by atoms with Gasteiger partial charge in [0.1, 0.15) is 6.04 Å². The van der Waals surface area contributed by atoms with E-state index >= 15 is 0 Å². The minimum Gasteiger partial charge on any atom is -0.326 e. The van der Waals surface area contributed by atoms with Crippen LogP contribution >= 0.6 is 0 Å². The molecule has 1 atom stereocenters. The summed E-state index contributed by atoms with van der Waals surface area (Å²) < 4.78 is 38.6. The summed E-state index contributed by atoms with van der Waals surface area (Å²) in [6, 6.07) is -2.85. The maximum absolute atomic E-state index is 12.9. The molecule has 1 aliphatic carbocycles. The zero-order valence-electron chi connectivity index (χ0n) is 9.79. The van der Waals surface area contributed by atoms with Gasteiger partial charge in [0, 0.05) is 0 Å². The minimum absolute atomic E-state index is 0.459. The molecule has 0 saturated heterocycles. The van der Waals surface area contributed by atoms with E-state index in [4.69, 9.17) is 5.26 Å². The highest BCUT2D eigenvalue weighted by Crippen LogP contribution is 2.34. The Labute approximate surface area is 103 Å². The predicted molar refractivity (Wildman–Crippen MR) is 56.7 cm³/mol. The lowest BCUT2D eigenvalue weighted by Gasteiger charge is -2.32. The summed E-state index contributed by atoms with van der Waals surface area (Å²) in [5.41, 5.74) is 0. The number of urea groups is 1. The predicted octanol–water partition coefficient (Wildman–Crippen LogP) is 2.24. The first-order valence-electron chi connectivity index (χ1n) is 5.82. The SMILES string of the molecule is O=C(NCOO)N[C@@H](C1CCCCC1)C(F)(F)F. The summed E-state index contributed by atoms with van der Waals surface area (Å²) in [5, 5.41) is 11.8. The van der Waals surface area contributed by atoms with Gasteiger partial charge in [-0.1, -0.05) is 19.3 Å². The molecule has 2 amide bonds. The molecule has 1 saturated carbocycles. The Morgan fingerprint density at radius 1 is 1.33 bits per heavy atom. The van der Waals surface area contributed by atoms with Crippen LogP contribution in [-0.4, -0.2) is 30.2 Å². The van der Waals surface area contributed by atoms with Gasteiger partial charge in [0.25, 0.3) is 0 Å². The number of carbonyl (C=O) groups excluding carboxylic acids is 1. The number of amides is 2. The van der Waals surface area contributed by atoms with Gasteiger partial charge in [0.2, 0.25) is 0 Å². The molecule has 18 heavy (non-hydrogen) atoms. The molecule has 8 heteroatoms. The van der Waals surface area contributed by atoms with Crippen LogP contribution < -0.4 is 10.6 Å². The Kier molecular flexibility index (Phi) is 5.67. The summed E-state index contributed by atoms with van der Waals surface area (Å²) >= 11 is 0. The molecule has 1 aliphatic rings. The number of carbonyl (C=O) groups is 1. The van der Waals surface area contributed by atoms with Gasteiger partial charge in [-0.2, -0.15) is 13.2 Å². The molecule has 0 radical (unpaired) electrons. The molecular weight excluding hydrogens is 253 g/mol. The standard InChI is InChI=1S/C10H17F3N2O3/c11-10(12,13)8(7-4-2-1-3-5-7)15-9(16)14-6-18-17/h7-8,17H,1-6H2,(H2,14,15,16)/t8-/m0/s1. The van der Waals surface area contributed by atoms with Crippen molar-refractivity contribution in [3.63, 3.8) is 0 Å². The van der Waals surface area contributed by atoms with Crippen LogP contribution in [0.25, 0.3) is 0 Å². The monoisotopic (exact) mass is 270 g/mol. The number of nitrogens with one attached hydrogen (secondary N) is 2. The van der Waals surface area contributed by atoms with Crippen molar-refractivity contribution in [2.75, 3.05) is 6.73 Å². The molecule has 0 heterocycles. The van der Waals surface area contributed by atoms with E-state index in [1.165, 1.54) is 0 Å². The maximum atomic E-state index is 12.9. The summed E-state index contributed by atoms with van der Waals surface area (Å²) in [7, 11) is 0. The highest BCUT2D eigenvalue weighted by molar-refractivity contribution is 5.74. The average molecular weight is 270 g/mol. The zero-order chi connectivity index (χ0) is 13.6. The second kappa shape index (κ2) is 6.79. The Hall–Kier alpha value is -1.02. The van der Waals surface area contributed by atoms with Gasteiger partial charge < -0.3 is 10.6 Å². The average Bonchev–Trinajstić information content (AvgIpc) is 2.33. The van der Waals surface area contributed by atoms with Crippen molar-refractivity contribution >= 4 is 6.03 Å². The van der Waals surface area contributed by atoms with Crippen molar-refractivity contribution in [2.45, 2.75) is 44.3 Å². The second-order valence-corrected chi connectivity index (χ2v) is 4.34. The van der Waals surface area contributed by atoms with Gasteiger partial charge in [0.05, 0.1) is 0 Å². The molecule has 5 nitrogen and oxygen atoms in total. The lowest BCUT2D eigenvalue weighted by atomic mass is 9.83. The second-order valence-electron chi connectivity index (χ2n) is 4.34. The third-order valence-electron chi connectivity index (χ3n) is 3.06. The lowest BCUT2D eigenvalue weighted by molar-refractivity contribution is -0.245. The van der Waals surface area contributed by atoms with E-state index in [1.54, 1.807) is 0 Å². The van der Waals surface area contributed by atoms with E-state index in [2.05, 4.69) is 4.89 Å². The van der Waals surface area contributed by atoms with E-state index in [9.17, 15) is 18.0 Å². The van der Waals surface area contributed by atoms with Gasteiger partial charge in [-0.25, -0.2) is 14.9 Å². The molecule has 0 aromatic carbocycles. The highest BCUT2D eigenvalue weighted by atomic mass is 19.4. The van der Waals surface area contributed by atoms with Crippen LogP contribution in [0.4, 0.5) is 18.0 Å². The van der Waals surface area contributed by atoms with E-state index < -0.39 is 30.9 Å². The molecule has 1 fully saturated rings. The first-order valence-corrected chi connectivity index (χ1v) is 5.82. The fourth-order valence-electron chi connectivity index (χ4n) is 2.22. The zero-order valence-corrected chi connectivity index (χ0v) is 9.79. The third-order valence-corrected chi connectivity index (χ3v) is 3.06. The Balaban J connectivity index is 2.58. The van der Waals surface area contributed by atoms with Crippen LogP contribution in [-0.2, 0) is 4.89 Å². The fourth-order valence-corrected chi connectivity index (χ4v) is 2.22. The van der Waals surface area contributed by atoms with Crippen molar-refractivity contribution in [1.82, 2.24) is 10.6 Å². The number of alkyl halides is 3. The first-order chi connectivity index (χ1) is 8.45. The van der Waals surface area contributed by atoms with Crippen LogP contribution in [0.15, 0.2) is 0 Å². The van der Waals surface area contributed by atoms with E-state index in [-0.39, 0.29) is 0 Å². The molecule has 0 aromatic rings. The number of rotatable bonds is 4. The van der Waals surface area contributed by atoms with Gasteiger partial charge in [0.15, 0.2) is 6.73 Å². The van der Waals surface area contributed by atoms with Crippen LogP contribution in [0, 0.1) is 5.92 Å². The van der Waals surface area contributed by atoms with Crippen molar-refractivity contribution < 1.29 is 28.1 Å². The largest absolute Gasteiger partial charge is 0.408 e. The maximum Gasteiger partial charge on any atom is 0.408 e. The Morgan fingerprint density at radius 2 is 1.94 bits per heavy atom. The van der Waals surface area contributed by atoms with E-state index in [0.717, 1.165) is 19.3 Å². The smallest absolute Gasteiger partial charge is 0.326 e. The van der Waals surface area contributed by atoms with Crippen molar-refractivity contribution in [1.29, 1.82) is 0 Å². The van der Waals surface area contributed by atoms with Crippen molar-refractivity contribution in [2.24, 2.45) is 5.92 Å². The van der Waals surface area contributed by atoms with Gasteiger partial charge in [-0.3, -0.25) is 0 Å². The molecular formula is C10H17F3N2O3. The molecule has 0 bridgehead atoms. The fraction of sp³-hybridized carbons (Fsp3) is 0.900. The molecule has 0 unspecified atom stereocenters. The summed E-state index contributed by atoms with van der Waals surface area (Å²) in [4.78, 5) is 14.8. The highest BCUT2D eigenvalue weighted by Gasteiger charge is 2.45. The lowest BCUT2D eigenvalue weighted by Crippen LogP contribution is -2.53. The molecule has 0 aliphatic heterocycles. The Morgan fingerprint density at radius 3 is 2.44 bits per heavy atom. The van der Waals surface area contributed by atoms with E-state index in [1.807, 2.05) is 10.6 Å². The summed E-state index contributed by atoms with van der Waals surface area (Å²) in [6.45, 7) is -0.554. The topological polar surface area (TPSA) is 70.6 Å². The molecule has 0 spiro atoms. The number of hydrogen-bond acceptors (Lipinski definition) is 3. The van der Waals surface area contributed by atoms with Gasteiger partial charge in [-0.15, -0.1) is 0 Å². The molecule has 106 valence electrons. The summed E-state index contributed by atoms with van der Waals surface area (Å²) in [5.74, 6) is -0.584. The number of hydrogen-bond donors (Lipinski definition) is 3. The van der Waals surface area contributed by atoms with Crippen molar-refractivity contribution in [3.05, 3.63) is 0 Å². The quantitative estimate of drug-likeness (QED) is 0.417. The number of halogens is 3. The molecule has 1 rings (SSSR count). The molecule has 3 N–H and O–H groups in total. The van der Waals surface area contributed by atoms with Gasteiger partial charge in [-0.05, 0) is 18.8 Å². The van der Waals surface area contributed by atoms with E-state index in [0.29, 0.717) is 12.8 Å². The van der Waals surface area contributed by atoms with Crippen LogP contribution in [0.2, 0.25) is 0 Å². The Bertz CT molecular complexity index is 268. The van der Waals surface area contributed by atoms with Gasteiger partial charge >= 0.3 is 12.2 Å². The minimum atomic E-state index is -4.47. The molecule has 0 aromatic heterocycles. The summed E-state index contributed by atoms with van der Waals surface area (Å²) in [6.07, 6.45) is -1.12. The van der Waals surface area contributed by atoms with Crippen LogP contribution in [0.3, 0.4) is 0 Å². The first kappa shape index (κ1) is 15.0. The van der Waals surface area contributed by atoms with Crippen LogP contribution in [0.1, 0.15) is 32.1 Å².